The molecule has 0 aliphatic heterocycles. The van der Waals surface area contributed by atoms with Crippen LogP contribution < -0.4 is 5.32 Å². The maximum atomic E-state index is 4.66. The average Bonchev–Trinajstić information content (AvgIpc) is 2.26. The van der Waals surface area contributed by atoms with Gasteiger partial charge >= 0.3 is 0 Å². The minimum absolute atomic E-state index is 0.0213. The molecule has 0 fully saturated rings. The predicted molar refractivity (Wildman–Crippen MR) is 80.3 cm³/mol. The van der Waals surface area contributed by atoms with Crippen molar-refractivity contribution in [2.24, 2.45) is 0 Å². The summed E-state index contributed by atoms with van der Waals surface area (Å²) < 4.78 is 0. The van der Waals surface area contributed by atoms with Crippen LogP contribution in [0.5, 0.6) is 0 Å². The van der Waals surface area contributed by atoms with Gasteiger partial charge in [0, 0.05) is 10.9 Å². The highest BCUT2D eigenvalue weighted by atomic mass is 15.1. The molecule has 0 saturated heterocycles. The lowest BCUT2D eigenvalue weighted by atomic mass is 10.1. The Morgan fingerprint density at radius 2 is 1.79 bits per heavy atom. The summed E-state index contributed by atoms with van der Waals surface area (Å²) in [6.45, 7) is 7.14. The van der Waals surface area contributed by atoms with E-state index in [0.29, 0.717) is 0 Å². The number of anilines is 1. The first-order valence-corrected chi connectivity index (χ1v) is 6.54. The molecule has 1 aromatic heterocycles. The Morgan fingerprint density at radius 3 is 2.42 bits per heavy atom. The highest BCUT2D eigenvalue weighted by Gasteiger charge is 2.14. The number of benzene rings is 1. The zero-order chi connectivity index (χ0) is 14.0. The Kier molecular flexibility index (Phi) is 3.71. The van der Waals surface area contributed by atoms with Gasteiger partial charge in [0.25, 0.3) is 0 Å². The molecule has 1 N–H and O–H groups in total. The molecule has 0 atom stereocenters. The van der Waals surface area contributed by atoms with E-state index in [0.717, 1.165) is 29.1 Å². The first-order chi connectivity index (χ1) is 8.85. The quantitative estimate of drug-likeness (QED) is 0.919. The van der Waals surface area contributed by atoms with Gasteiger partial charge in [-0.3, -0.25) is 0 Å². The molecule has 0 saturated carbocycles. The summed E-state index contributed by atoms with van der Waals surface area (Å²) >= 11 is 0. The van der Waals surface area contributed by atoms with E-state index < -0.39 is 0 Å². The van der Waals surface area contributed by atoms with E-state index in [1.165, 1.54) is 0 Å². The zero-order valence-corrected chi connectivity index (χ0v) is 12.4. The second kappa shape index (κ2) is 5.13. The number of hydrogen-bond acceptors (Lipinski definition) is 4. The number of nitrogens with one attached hydrogen (secondary N) is 1. The molecule has 0 aliphatic carbocycles. The van der Waals surface area contributed by atoms with Crippen LogP contribution in [0.2, 0.25) is 0 Å². The van der Waals surface area contributed by atoms with Crippen molar-refractivity contribution in [2.45, 2.75) is 32.9 Å². The third kappa shape index (κ3) is 3.64. The largest absolute Gasteiger partial charge is 0.365 e. The Hall–Kier alpha value is -1.68. The number of hydrogen-bond donors (Lipinski definition) is 1. The molecular weight excluding hydrogens is 236 g/mol. The molecule has 0 amide bonds. The van der Waals surface area contributed by atoms with Crippen molar-refractivity contribution < 1.29 is 0 Å². The standard InChI is InChI=1S/C15H22N4/c1-15(2,3)18-14-11-8-6-7-9-12(11)16-13(17-14)10-19(4)5/h6-9H,10H2,1-5H3,(H,16,17,18). The summed E-state index contributed by atoms with van der Waals surface area (Å²) in [7, 11) is 4.05. The van der Waals surface area contributed by atoms with Crippen molar-refractivity contribution in [2.75, 3.05) is 19.4 Å². The van der Waals surface area contributed by atoms with Gasteiger partial charge in [0.05, 0.1) is 12.1 Å². The second-order valence-electron chi connectivity index (χ2n) is 6.12. The average molecular weight is 258 g/mol. The highest BCUT2D eigenvalue weighted by Crippen LogP contribution is 2.23. The van der Waals surface area contributed by atoms with Gasteiger partial charge in [-0.05, 0) is 47.0 Å². The van der Waals surface area contributed by atoms with E-state index in [1.807, 2.05) is 32.3 Å². The number of para-hydroxylation sites is 1. The summed E-state index contributed by atoms with van der Waals surface area (Å²) in [5, 5.41) is 4.54. The fraction of sp³-hybridized carbons (Fsp3) is 0.467. The van der Waals surface area contributed by atoms with Crippen LogP contribution >= 0.6 is 0 Å². The lowest BCUT2D eigenvalue weighted by Gasteiger charge is -2.23. The molecule has 0 unspecified atom stereocenters. The van der Waals surface area contributed by atoms with Crippen molar-refractivity contribution in [3.8, 4) is 0 Å². The molecule has 0 aliphatic rings. The topological polar surface area (TPSA) is 41.1 Å². The molecule has 1 heterocycles. The Labute approximate surface area is 114 Å². The van der Waals surface area contributed by atoms with E-state index in [1.54, 1.807) is 0 Å². The third-order valence-corrected chi connectivity index (χ3v) is 2.60. The van der Waals surface area contributed by atoms with E-state index >= 15 is 0 Å². The summed E-state index contributed by atoms with van der Waals surface area (Å²) in [5.74, 6) is 1.76. The van der Waals surface area contributed by atoms with Crippen LogP contribution in [-0.2, 0) is 6.54 Å². The number of rotatable bonds is 3. The van der Waals surface area contributed by atoms with E-state index in [4.69, 9.17) is 0 Å². The third-order valence-electron chi connectivity index (χ3n) is 2.60. The van der Waals surface area contributed by atoms with Crippen molar-refractivity contribution in [3.63, 3.8) is 0 Å². The van der Waals surface area contributed by atoms with Gasteiger partial charge in [-0.15, -0.1) is 0 Å². The zero-order valence-electron chi connectivity index (χ0n) is 12.4. The minimum Gasteiger partial charge on any atom is -0.365 e. The van der Waals surface area contributed by atoms with E-state index in [2.05, 4.69) is 47.0 Å². The first-order valence-electron chi connectivity index (χ1n) is 6.54. The smallest absolute Gasteiger partial charge is 0.145 e. The van der Waals surface area contributed by atoms with Gasteiger partial charge in [0.2, 0.25) is 0 Å². The van der Waals surface area contributed by atoms with Crippen LogP contribution in [0.4, 0.5) is 5.82 Å². The molecule has 102 valence electrons. The minimum atomic E-state index is -0.0213. The molecule has 0 spiro atoms. The van der Waals surface area contributed by atoms with Crippen LogP contribution in [-0.4, -0.2) is 34.5 Å². The van der Waals surface area contributed by atoms with Crippen molar-refractivity contribution in [1.82, 2.24) is 14.9 Å². The van der Waals surface area contributed by atoms with Crippen LogP contribution in [0.25, 0.3) is 10.9 Å². The Balaban J connectivity index is 2.51. The molecular formula is C15H22N4. The molecule has 4 nitrogen and oxygen atoms in total. The number of nitrogens with zero attached hydrogens (tertiary/aromatic N) is 3. The maximum absolute atomic E-state index is 4.66. The van der Waals surface area contributed by atoms with Gasteiger partial charge < -0.3 is 10.2 Å². The monoisotopic (exact) mass is 258 g/mol. The molecule has 1 aromatic carbocycles. The molecule has 2 rings (SSSR count). The number of aromatic nitrogens is 2. The van der Waals surface area contributed by atoms with Crippen LogP contribution in [0, 0.1) is 0 Å². The molecule has 19 heavy (non-hydrogen) atoms. The van der Waals surface area contributed by atoms with Crippen LogP contribution in [0.15, 0.2) is 24.3 Å². The summed E-state index contributed by atoms with van der Waals surface area (Å²) in [4.78, 5) is 11.4. The van der Waals surface area contributed by atoms with Crippen LogP contribution in [0.1, 0.15) is 26.6 Å². The SMILES string of the molecule is CN(C)Cc1nc(NC(C)(C)C)c2ccccc2n1. The molecule has 0 bridgehead atoms. The predicted octanol–water partition coefficient (Wildman–Crippen LogP) is 2.90. The maximum Gasteiger partial charge on any atom is 0.145 e. The highest BCUT2D eigenvalue weighted by molar-refractivity contribution is 5.89. The normalized spacial score (nSPS) is 12.1. The van der Waals surface area contributed by atoms with Gasteiger partial charge in [-0.2, -0.15) is 0 Å². The van der Waals surface area contributed by atoms with Gasteiger partial charge in [0.1, 0.15) is 11.6 Å². The van der Waals surface area contributed by atoms with E-state index in [-0.39, 0.29) is 5.54 Å². The van der Waals surface area contributed by atoms with Crippen molar-refractivity contribution in [1.29, 1.82) is 0 Å². The fourth-order valence-electron chi connectivity index (χ4n) is 1.93. The fourth-order valence-corrected chi connectivity index (χ4v) is 1.93. The number of fused-ring (bicyclic) bond motifs is 1. The van der Waals surface area contributed by atoms with Crippen molar-refractivity contribution >= 4 is 16.7 Å². The summed E-state index contributed by atoms with van der Waals surface area (Å²) in [6.07, 6.45) is 0. The molecule has 4 heteroatoms. The van der Waals surface area contributed by atoms with Gasteiger partial charge in [-0.1, -0.05) is 12.1 Å². The van der Waals surface area contributed by atoms with Gasteiger partial charge in [-0.25, -0.2) is 9.97 Å². The van der Waals surface area contributed by atoms with Gasteiger partial charge in [0.15, 0.2) is 0 Å². The lowest BCUT2D eigenvalue weighted by Crippen LogP contribution is -2.27. The molecule has 2 aromatic rings. The van der Waals surface area contributed by atoms with E-state index in [9.17, 15) is 0 Å². The second-order valence-corrected chi connectivity index (χ2v) is 6.12. The first kappa shape index (κ1) is 13.7. The van der Waals surface area contributed by atoms with Crippen LogP contribution in [0.3, 0.4) is 0 Å². The summed E-state index contributed by atoms with van der Waals surface area (Å²) in [5.41, 5.74) is 0.966. The lowest BCUT2D eigenvalue weighted by molar-refractivity contribution is 0.391. The Bertz CT molecular complexity index is 570. The summed E-state index contributed by atoms with van der Waals surface area (Å²) in [6, 6.07) is 8.12. The molecule has 0 radical (unpaired) electrons. The van der Waals surface area contributed by atoms with Crippen molar-refractivity contribution in [3.05, 3.63) is 30.1 Å². The Morgan fingerprint density at radius 1 is 1.11 bits per heavy atom.